The Morgan fingerprint density at radius 2 is 1.60 bits per heavy atom. The van der Waals surface area contributed by atoms with Gasteiger partial charge in [-0.2, -0.15) is 0 Å². The van der Waals surface area contributed by atoms with Gasteiger partial charge in [-0.3, -0.25) is 4.79 Å². The number of nitrogens with one attached hydrogen (secondary N) is 1. The Bertz CT molecular complexity index is 666. The van der Waals surface area contributed by atoms with E-state index in [1.807, 2.05) is 42.5 Å². The number of aryl methyl sites for hydroxylation is 1. The van der Waals surface area contributed by atoms with Crippen LogP contribution >= 0.6 is 12.2 Å². The van der Waals surface area contributed by atoms with Crippen molar-refractivity contribution in [1.82, 2.24) is 5.32 Å². The Hall–Kier alpha value is -2.00. The molecule has 2 atom stereocenters. The lowest BCUT2D eigenvalue weighted by Gasteiger charge is -2.19. The summed E-state index contributed by atoms with van der Waals surface area (Å²) in [5, 5.41) is 2.83. The monoisotopic (exact) mass is 281 g/mol. The second-order valence-corrected chi connectivity index (χ2v) is 5.52. The van der Waals surface area contributed by atoms with Crippen molar-refractivity contribution in [2.24, 2.45) is 0 Å². The highest BCUT2D eigenvalue weighted by Gasteiger charge is 2.41. The highest BCUT2D eigenvalue weighted by molar-refractivity contribution is 7.80. The van der Waals surface area contributed by atoms with Crippen molar-refractivity contribution in [3.8, 4) is 0 Å². The van der Waals surface area contributed by atoms with Gasteiger partial charge in [-0.1, -0.05) is 66.8 Å². The van der Waals surface area contributed by atoms with E-state index in [1.54, 1.807) is 0 Å². The van der Waals surface area contributed by atoms with Gasteiger partial charge >= 0.3 is 0 Å². The molecule has 3 heteroatoms. The van der Waals surface area contributed by atoms with Gasteiger partial charge in [0, 0.05) is 0 Å². The molecule has 0 bridgehead atoms. The van der Waals surface area contributed by atoms with Crippen molar-refractivity contribution in [1.29, 1.82) is 0 Å². The van der Waals surface area contributed by atoms with Crippen LogP contribution in [0.5, 0.6) is 0 Å². The largest absolute Gasteiger partial charge is 0.319 e. The first-order chi connectivity index (χ1) is 9.68. The Morgan fingerprint density at radius 3 is 2.30 bits per heavy atom. The third-order valence-corrected chi connectivity index (χ3v) is 4.18. The molecule has 0 radical (unpaired) electrons. The summed E-state index contributed by atoms with van der Waals surface area (Å²) in [7, 11) is 0. The van der Waals surface area contributed by atoms with Gasteiger partial charge in [-0.15, -0.1) is 0 Å². The number of thiocarbonyl (C=S) groups is 1. The zero-order valence-corrected chi connectivity index (χ0v) is 12.0. The van der Waals surface area contributed by atoms with Crippen LogP contribution in [-0.2, 0) is 4.79 Å². The number of carbonyl (C=O) groups excluding carboxylic acids is 1. The van der Waals surface area contributed by atoms with Crippen LogP contribution in [0.1, 0.15) is 28.5 Å². The van der Waals surface area contributed by atoms with Crippen LogP contribution in [0.3, 0.4) is 0 Å². The van der Waals surface area contributed by atoms with Crippen LogP contribution in [0.2, 0.25) is 0 Å². The first-order valence-corrected chi connectivity index (χ1v) is 7.04. The lowest BCUT2D eigenvalue weighted by Crippen LogP contribution is -2.20. The van der Waals surface area contributed by atoms with Gasteiger partial charge in [0.1, 0.15) is 0 Å². The fraction of sp³-hybridized carbons (Fsp3) is 0.176. The molecule has 0 spiro atoms. The van der Waals surface area contributed by atoms with Crippen molar-refractivity contribution in [3.63, 3.8) is 0 Å². The maximum Gasteiger partial charge on any atom is 0.233 e. The highest BCUT2D eigenvalue weighted by Crippen LogP contribution is 2.39. The Labute approximate surface area is 123 Å². The molecule has 1 fully saturated rings. The van der Waals surface area contributed by atoms with Gasteiger partial charge in [0.2, 0.25) is 5.91 Å². The van der Waals surface area contributed by atoms with Crippen molar-refractivity contribution in [2.75, 3.05) is 0 Å². The first kappa shape index (κ1) is 13.0. The molecule has 1 N–H and O–H groups in total. The van der Waals surface area contributed by atoms with Crippen molar-refractivity contribution < 1.29 is 4.79 Å². The van der Waals surface area contributed by atoms with E-state index in [0.717, 1.165) is 16.7 Å². The molecule has 1 saturated heterocycles. The van der Waals surface area contributed by atoms with Crippen LogP contribution in [0.15, 0.2) is 54.6 Å². The molecule has 3 rings (SSSR count). The fourth-order valence-corrected chi connectivity index (χ4v) is 3.20. The van der Waals surface area contributed by atoms with Crippen LogP contribution in [0.25, 0.3) is 0 Å². The van der Waals surface area contributed by atoms with E-state index < -0.39 is 0 Å². The normalized spacial score (nSPS) is 21.9. The molecule has 2 nitrogen and oxygen atoms in total. The van der Waals surface area contributed by atoms with Crippen LogP contribution in [0.4, 0.5) is 0 Å². The highest BCUT2D eigenvalue weighted by atomic mass is 32.1. The molecule has 1 aliphatic rings. The lowest BCUT2D eigenvalue weighted by atomic mass is 9.82. The third kappa shape index (κ3) is 2.14. The maximum absolute atomic E-state index is 12.3. The van der Waals surface area contributed by atoms with Gasteiger partial charge < -0.3 is 5.32 Å². The molecule has 100 valence electrons. The molecular formula is C17H15NOS. The predicted molar refractivity (Wildman–Crippen MR) is 83.8 cm³/mol. The molecular weight excluding hydrogens is 266 g/mol. The fourth-order valence-electron chi connectivity index (χ4n) is 2.84. The minimum Gasteiger partial charge on any atom is -0.319 e. The Kier molecular flexibility index (Phi) is 3.36. The molecule has 2 aromatic carbocycles. The molecule has 1 amide bonds. The smallest absolute Gasteiger partial charge is 0.233 e. The summed E-state index contributed by atoms with van der Waals surface area (Å²) in [6.45, 7) is 2.06. The van der Waals surface area contributed by atoms with E-state index in [4.69, 9.17) is 12.2 Å². The Morgan fingerprint density at radius 1 is 0.950 bits per heavy atom. The standard InChI is InChI=1S/C17H15NOS/c1-11-7-5-6-10-13(11)15-14(16(19)18-17(15)20)12-8-3-2-4-9-12/h2-10,14-15H,1H3,(H,18,19,20). The van der Waals surface area contributed by atoms with Gasteiger partial charge in [0.15, 0.2) is 0 Å². The van der Waals surface area contributed by atoms with E-state index in [1.165, 1.54) is 0 Å². The molecule has 0 aromatic heterocycles. The van der Waals surface area contributed by atoms with Crippen LogP contribution < -0.4 is 5.32 Å². The number of hydrogen-bond donors (Lipinski definition) is 1. The van der Waals surface area contributed by atoms with Gasteiger partial charge in [-0.05, 0) is 23.6 Å². The van der Waals surface area contributed by atoms with Crippen LogP contribution in [-0.4, -0.2) is 10.9 Å². The van der Waals surface area contributed by atoms with E-state index in [9.17, 15) is 4.79 Å². The molecule has 2 aromatic rings. The van der Waals surface area contributed by atoms with E-state index in [0.29, 0.717) is 4.99 Å². The number of benzene rings is 2. The average Bonchev–Trinajstić information content (AvgIpc) is 2.75. The average molecular weight is 281 g/mol. The summed E-state index contributed by atoms with van der Waals surface area (Å²) in [5.41, 5.74) is 3.31. The topological polar surface area (TPSA) is 29.1 Å². The minimum atomic E-state index is -0.232. The number of carbonyl (C=O) groups is 1. The summed E-state index contributed by atoms with van der Waals surface area (Å²) >= 11 is 5.40. The van der Waals surface area contributed by atoms with Crippen LogP contribution in [0, 0.1) is 6.92 Å². The van der Waals surface area contributed by atoms with Crippen molar-refractivity contribution in [2.45, 2.75) is 18.8 Å². The summed E-state index contributed by atoms with van der Waals surface area (Å²) in [6.07, 6.45) is 0. The first-order valence-electron chi connectivity index (χ1n) is 6.63. The van der Waals surface area contributed by atoms with E-state index >= 15 is 0 Å². The van der Waals surface area contributed by atoms with E-state index in [2.05, 4.69) is 24.4 Å². The summed E-state index contributed by atoms with van der Waals surface area (Å²) in [4.78, 5) is 12.9. The van der Waals surface area contributed by atoms with Crippen molar-refractivity contribution in [3.05, 3.63) is 71.3 Å². The zero-order valence-electron chi connectivity index (χ0n) is 11.2. The molecule has 1 heterocycles. The quantitative estimate of drug-likeness (QED) is 0.856. The van der Waals surface area contributed by atoms with Gasteiger partial charge in [0.05, 0.1) is 16.8 Å². The SMILES string of the molecule is Cc1ccccc1C1C(=S)NC(=O)C1c1ccccc1. The molecule has 1 aliphatic heterocycles. The molecule has 20 heavy (non-hydrogen) atoms. The lowest BCUT2D eigenvalue weighted by molar-refractivity contribution is -0.120. The minimum absolute atomic E-state index is 0.00514. The third-order valence-electron chi connectivity index (χ3n) is 3.83. The predicted octanol–water partition coefficient (Wildman–Crippen LogP) is 3.32. The van der Waals surface area contributed by atoms with E-state index in [-0.39, 0.29) is 17.7 Å². The zero-order chi connectivity index (χ0) is 14.1. The molecule has 0 aliphatic carbocycles. The molecule has 0 saturated carbocycles. The summed E-state index contributed by atoms with van der Waals surface area (Å²) in [5.74, 6) is -0.305. The summed E-state index contributed by atoms with van der Waals surface area (Å²) < 4.78 is 0. The Balaban J connectivity index is 2.10. The maximum atomic E-state index is 12.3. The summed E-state index contributed by atoms with van der Waals surface area (Å²) in [6, 6.07) is 18.0. The number of hydrogen-bond acceptors (Lipinski definition) is 2. The second kappa shape index (κ2) is 5.17. The number of amides is 1. The number of rotatable bonds is 2. The van der Waals surface area contributed by atoms with Gasteiger partial charge in [-0.25, -0.2) is 0 Å². The molecule has 2 unspecified atom stereocenters. The van der Waals surface area contributed by atoms with Gasteiger partial charge in [0.25, 0.3) is 0 Å². The van der Waals surface area contributed by atoms with Crippen molar-refractivity contribution >= 4 is 23.1 Å². The second-order valence-electron chi connectivity index (χ2n) is 5.08.